The van der Waals surface area contributed by atoms with Gasteiger partial charge in [-0.05, 0) is 49.8 Å². The van der Waals surface area contributed by atoms with Gasteiger partial charge in [0.1, 0.15) is 0 Å². The number of hydrogen-bond donors (Lipinski definition) is 1. The summed E-state index contributed by atoms with van der Waals surface area (Å²) in [6.07, 6.45) is 3.64. The highest BCUT2D eigenvalue weighted by Crippen LogP contribution is 2.19. The van der Waals surface area contributed by atoms with Gasteiger partial charge in [-0.25, -0.2) is 4.68 Å². The van der Waals surface area contributed by atoms with E-state index < -0.39 is 0 Å². The first-order valence-electron chi connectivity index (χ1n) is 9.75. The van der Waals surface area contributed by atoms with Gasteiger partial charge in [0.15, 0.2) is 0 Å². The monoisotopic (exact) mass is 402 g/mol. The molecule has 30 heavy (non-hydrogen) atoms. The summed E-state index contributed by atoms with van der Waals surface area (Å²) in [5, 5.41) is 7.44. The average Bonchev–Trinajstić information content (AvgIpc) is 3.02. The van der Waals surface area contributed by atoms with Crippen LogP contribution in [0.25, 0.3) is 11.8 Å². The van der Waals surface area contributed by atoms with Crippen LogP contribution in [-0.2, 0) is 16.0 Å². The minimum Gasteiger partial charge on any atom is -0.349 e. The Hall–Kier alpha value is -3.67. The van der Waals surface area contributed by atoms with Gasteiger partial charge in [-0.1, -0.05) is 30.3 Å². The number of carbonyl (C=O) groups excluding carboxylic acids is 2. The number of aryl methyl sites for hydroxylation is 1. The van der Waals surface area contributed by atoms with Crippen molar-refractivity contribution in [2.45, 2.75) is 20.3 Å². The molecule has 0 saturated carbocycles. The van der Waals surface area contributed by atoms with Crippen LogP contribution in [0.4, 0.5) is 5.69 Å². The molecular formula is C24H26N4O2. The van der Waals surface area contributed by atoms with E-state index in [1.54, 1.807) is 37.2 Å². The Kier molecular flexibility index (Phi) is 6.47. The minimum atomic E-state index is -0.224. The summed E-state index contributed by atoms with van der Waals surface area (Å²) in [6, 6.07) is 17.2. The first kappa shape index (κ1) is 21.0. The molecule has 0 fully saturated rings. The summed E-state index contributed by atoms with van der Waals surface area (Å²) in [7, 11) is 3.46. The number of para-hydroxylation sites is 1. The first-order chi connectivity index (χ1) is 14.3. The van der Waals surface area contributed by atoms with E-state index in [9.17, 15) is 9.59 Å². The molecule has 6 heteroatoms. The molecule has 0 bridgehead atoms. The second-order valence-corrected chi connectivity index (χ2v) is 7.32. The highest BCUT2D eigenvalue weighted by molar-refractivity contribution is 6.02. The van der Waals surface area contributed by atoms with Crippen molar-refractivity contribution in [2.24, 2.45) is 0 Å². The van der Waals surface area contributed by atoms with Crippen molar-refractivity contribution < 1.29 is 9.59 Å². The topological polar surface area (TPSA) is 67.2 Å². The van der Waals surface area contributed by atoms with E-state index in [1.165, 1.54) is 6.08 Å². The fraction of sp³-hybridized carbons (Fsp3) is 0.208. The van der Waals surface area contributed by atoms with Gasteiger partial charge in [0, 0.05) is 37.1 Å². The molecule has 1 heterocycles. The lowest BCUT2D eigenvalue weighted by molar-refractivity contribution is -0.128. The standard InChI is InChI=1S/C24H26N4O2/c1-17-22(18(2)28(26-17)21-8-6-5-7-9-21)14-15-23(29)25-20-12-10-19(11-13-20)16-24(30)27(3)4/h5-15H,16H2,1-4H3,(H,25,29)/b15-14+. The molecule has 0 unspecified atom stereocenters. The van der Waals surface area contributed by atoms with Gasteiger partial charge >= 0.3 is 0 Å². The Morgan fingerprint density at radius 2 is 1.70 bits per heavy atom. The summed E-state index contributed by atoms with van der Waals surface area (Å²) in [6.45, 7) is 3.91. The maximum Gasteiger partial charge on any atom is 0.248 e. The van der Waals surface area contributed by atoms with E-state index >= 15 is 0 Å². The van der Waals surface area contributed by atoms with Crippen molar-refractivity contribution in [3.05, 3.63) is 83.2 Å². The molecule has 0 spiro atoms. The Morgan fingerprint density at radius 1 is 1.03 bits per heavy atom. The molecule has 2 aromatic carbocycles. The molecule has 154 valence electrons. The van der Waals surface area contributed by atoms with Crippen LogP contribution in [0, 0.1) is 13.8 Å². The molecule has 3 rings (SSSR count). The van der Waals surface area contributed by atoms with Crippen LogP contribution in [0.1, 0.15) is 22.5 Å². The number of nitrogens with zero attached hydrogens (tertiary/aromatic N) is 3. The Bertz CT molecular complexity index is 1060. The Labute approximate surface area is 176 Å². The molecule has 0 aliphatic heterocycles. The molecule has 6 nitrogen and oxygen atoms in total. The minimum absolute atomic E-state index is 0.0384. The lowest BCUT2D eigenvalue weighted by Crippen LogP contribution is -2.23. The Balaban J connectivity index is 1.67. The largest absolute Gasteiger partial charge is 0.349 e. The molecule has 0 atom stereocenters. The number of anilines is 1. The van der Waals surface area contributed by atoms with Crippen LogP contribution < -0.4 is 5.32 Å². The lowest BCUT2D eigenvalue weighted by Gasteiger charge is -2.10. The van der Waals surface area contributed by atoms with Gasteiger partial charge in [0.2, 0.25) is 11.8 Å². The van der Waals surface area contributed by atoms with Crippen LogP contribution in [0.3, 0.4) is 0 Å². The first-order valence-corrected chi connectivity index (χ1v) is 9.75. The maximum atomic E-state index is 12.4. The summed E-state index contributed by atoms with van der Waals surface area (Å²) in [5.74, 6) is -0.185. The summed E-state index contributed by atoms with van der Waals surface area (Å²) >= 11 is 0. The van der Waals surface area contributed by atoms with Gasteiger partial charge in [-0.15, -0.1) is 0 Å². The van der Waals surface area contributed by atoms with Crippen molar-refractivity contribution in [1.82, 2.24) is 14.7 Å². The quantitative estimate of drug-likeness (QED) is 0.638. The number of amides is 2. The van der Waals surface area contributed by atoms with E-state index in [0.29, 0.717) is 12.1 Å². The van der Waals surface area contributed by atoms with E-state index in [-0.39, 0.29) is 11.8 Å². The van der Waals surface area contributed by atoms with Crippen LogP contribution >= 0.6 is 0 Å². The van der Waals surface area contributed by atoms with Crippen LogP contribution in [0.15, 0.2) is 60.7 Å². The smallest absolute Gasteiger partial charge is 0.248 e. The molecule has 0 saturated heterocycles. The van der Waals surface area contributed by atoms with Crippen LogP contribution in [-0.4, -0.2) is 40.6 Å². The zero-order chi connectivity index (χ0) is 21.7. The number of carbonyl (C=O) groups is 2. The van der Waals surface area contributed by atoms with Gasteiger partial charge in [-0.3, -0.25) is 9.59 Å². The third kappa shape index (κ3) is 5.03. The normalized spacial score (nSPS) is 10.9. The molecule has 1 aromatic heterocycles. The van der Waals surface area contributed by atoms with Gasteiger partial charge in [-0.2, -0.15) is 5.10 Å². The number of benzene rings is 2. The predicted molar refractivity (Wildman–Crippen MR) is 120 cm³/mol. The van der Waals surface area contributed by atoms with E-state index in [0.717, 1.165) is 28.2 Å². The van der Waals surface area contributed by atoms with E-state index in [1.807, 2.05) is 61.0 Å². The van der Waals surface area contributed by atoms with Crippen molar-refractivity contribution in [1.29, 1.82) is 0 Å². The number of nitrogens with one attached hydrogen (secondary N) is 1. The SMILES string of the molecule is Cc1nn(-c2ccccc2)c(C)c1/C=C/C(=O)Nc1ccc(CC(=O)N(C)C)cc1. The fourth-order valence-electron chi connectivity index (χ4n) is 3.10. The summed E-state index contributed by atoms with van der Waals surface area (Å²) in [4.78, 5) is 25.7. The summed E-state index contributed by atoms with van der Waals surface area (Å²) in [5.41, 5.74) is 5.32. The third-order valence-corrected chi connectivity index (χ3v) is 4.83. The highest BCUT2D eigenvalue weighted by Gasteiger charge is 2.11. The lowest BCUT2D eigenvalue weighted by atomic mass is 10.1. The van der Waals surface area contributed by atoms with Crippen molar-refractivity contribution in [2.75, 3.05) is 19.4 Å². The van der Waals surface area contributed by atoms with Gasteiger partial charge in [0.05, 0.1) is 17.8 Å². The van der Waals surface area contributed by atoms with Crippen LogP contribution in [0.2, 0.25) is 0 Å². The number of likely N-dealkylation sites (N-methyl/N-ethyl adjacent to an activating group) is 1. The van der Waals surface area contributed by atoms with Crippen molar-refractivity contribution >= 4 is 23.6 Å². The zero-order valence-electron chi connectivity index (χ0n) is 17.7. The van der Waals surface area contributed by atoms with Crippen LogP contribution in [0.5, 0.6) is 0 Å². The predicted octanol–water partition coefficient (Wildman–Crippen LogP) is 3.77. The summed E-state index contributed by atoms with van der Waals surface area (Å²) < 4.78 is 1.88. The van der Waals surface area contributed by atoms with E-state index in [4.69, 9.17) is 0 Å². The molecule has 0 aliphatic rings. The number of rotatable bonds is 6. The average molecular weight is 402 g/mol. The second-order valence-electron chi connectivity index (χ2n) is 7.32. The molecule has 2 amide bonds. The number of hydrogen-bond acceptors (Lipinski definition) is 3. The third-order valence-electron chi connectivity index (χ3n) is 4.83. The highest BCUT2D eigenvalue weighted by atomic mass is 16.2. The van der Waals surface area contributed by atoms with Gasteiger partial charge in [0.25, 0.3) is 0 Å². The maximum absolute atomic E-state index is 12.4. The molecule has 3 aromatic rings. The van der Waals surface area contributed by atoms with E-state index in [2.05, 4.69) is 10.4 Å². The number of aromatic nitrogens is 2. The van der Waals surface area contributed by atoms with Gasteiger partial charge < -0.3 is 10.2 Å². The second kappa shape index (κ2) is 9.22. The van der Waals surface area contributed by atoms with Crippen molar-refractivity contribution in [3.63, 3.8) is 0 Å². The molecular weight excluding hydrogens is 376 g/mol. The molecule has 0 radical (unpaired) electrons. The molecule has 1 N–H and O–H groups in total. The fourth-order valence-corrected chi connectivity index (χ4v) is 3.10. The Morgan fingerprint density at radius 3 is 2.33 bits per heavy atom. The van der Waals surface area contributed by atoms with Crippen molar-refractivity contribution in [3.8, 4) is 5.69 Å². The molecule has 0 aliphatic carbocycles. The zero-order valence-corrected chi connectivity index (χ0v) is 17.7.